The number of carbonyl (C=O) groups is 1. The van der Waals surface area contributed by atoms with Gasteiger partial charge in [-0.1, -0.05) is 19.8 Å². The highest BCUT2D eigenvalue weighted by Gasteiger charge is 2.24. The molecule has 0 aromatic heterocycles. The maximum atomic E-state index is 12.5. The first-order valence-corrected chi connectivity index (χ1v) is 10.1. The molecule has 0 radical (unpaired) electrons. The largest absolute Gasteiger partial charge is 0.497 e. The Labute approximate surface area is 157 Å². The third kappa shape index (κ3) is 5.13. The van der Waals surface area contributed by atoms with Gasteiger partial charge in [-0.3, -0.25) is 9.69 Å². The third-order valence-electron chi connectivity index (χ3n) is 5.85. The number of ether oxygens (including phenoxy) is 1. The first-order chi connectivity index (χ1) is 12.7. The average molecular weight is 360 g/mol. The molecule has 1 N–H and O–H groups in total. The van der Waals surface area contributed by atoms with E-state index in [1.165, 1.54) is 24.9 Å². The van der Waals surface area contributed by atoms with Crippen LogP contribution in [0.2, 0.25) is 0 Å². The van der Waals surface area contributed by atoms with Gasteiger partial charge in [-0.25, -0.2) is 0 Å². The van der Waals surface area contributed by atoms with Crippen molar-refractivity contribution in [1.82, 2.24) is 10.2 Å². The van der Waals surface area contributed by atoms with E-state index >= 15 is 0 Å². The molecule has 1 saturated heterocycles. The Hall–Kier alpha value is -1.75. The average Bonchev–Trinajstić information content (AvgIpc) is 2.89. The summed E-state index contributed by atoms with van der Waals surface area (Å²) in [6.07, 6.45) is 6.01. The number of amides is 1. The predicted molar refractivity (Wildman–Crippen MR) is 106 cm³/mol. The van der Waals surface area contributed by atoms with Crippen molar-refractivity contribution in [2.24, 2.45) is 5.92 Å². The van der Waals surface area contributed by atoms with Crippen LogP contribution in [0.1, 0.15) is 39.0 Å². The molecular weight excluding hydrogens is 326 g/mol. The highest BCUT2D eigenvalue weighted by atomic mass is 16.5. The third-order valence-corrected chi connectivity index (χ3v) is 5.85. The van der Waals surface area contributed by atoms with Crippen molar-refractivity contribution in [3.05, 3.63) is 24.3 Å². The van der Waals surface area contributed by atoms with Gasteiger partial charge in [-0.15, -0.1) is 0 Å². The molecule has 1 amide bonds. The van der Waals surface area contributed by atoms with Gasteiger partial charge in [0.15, 0.2) is 0 Å². The zero-order valence-corrected chi connectivity index (χ0v) is 16.2. The Morgan fingerprint density at radius 1 is 1.08 bits per heavy atom. The summed E-state index contributed by atoms with van der Waals surface area (Å²) < 4.78 is 5.24. The van der Waals surface area contributed by atoms with Crippen LogP contribution in [-0.2, 0) is 4.79 Å². The zero-order valence-electron chi connectivity index (χ0n) is 16.2. The van der Waals surface area contributed by atoms with Crippen molar-refractivity contribution in [2.45, 2.75) is 45.1 Å². The van der Waals surface area contributed by atoms with Gasteiger partial charge in [0.05, 0.1) is 13.7 Å². The zero-order chi connectivity index (χ0) is 18.4. The highest BCUT2D eigenvalue weighted by molar-refractivity contribution is 5.78. The summed E-state index contributed by atoms with van der Waals surface area (Å²) in [5.41, 5.74) is 1.23. The van der Waals surface area contributed by atoms with E-state index in [0.717, 1.165) is 44.8 Å². The molecule has 2 aliphatic rings. The molecule has 0 spiro atoms. The molecule has 2 fully saturated rings. The number of nitrogens with one attached hydrogen (secondary N) is 1. The molecule has 1 aliphatic heterocycles. The fourth-order valence-electron chi connectivity index (χ4n) is 4.17. The lowest BCUT2D eigenvalue weighted by Gasteiger charge is -2.30. The Morgan fingerprint density at radius 2 is 1.85 bits per heavy atom. The molecule has 1 aromatic rings. The minimum absolute atomic E-state index is 0.196. The summed E-state index contributed by atoms with van der Waals surface area (Å²) in [4.78, 5) is 17.2. The van der Waals surface area contributed by atoms with E-state index in [1.807, 2.05) is 12.1 Å². The molecule has 1 heterocycles. The van der Waals surface area contributed by atoms with Gasteiger partial charge in [0.1, 0.15) is 5.75 Å². The lowest BCUT2D eigenvalue weighted by atomic mass is 9.86. The van der Waals surface area contributed by atoms with Crippen molar-refractivity contribution in [3.8, 4) is 5.75 Å². The number of rotatable bonds is 5. The fraction of sp³-hybridized carbons (Fsp3) is 0.667. The van der Waals surface area contributed by atoms with Crippen LogP contribution < -0.4 is 15.0 Å². The number of hydrogen-bond donors (Lipinski definition) is 1. The lowest BCUT2D eigenvalue weighted by Crippen LogP contribution is -2.46. The molecule has 2 atom stereocenters. The van der Waals surface area contributed by atoms with Gasteiger partial charge in [0.2, 0.25) is 5.91 Å². The lowest BCUT2D eigenvalue weighted by molar-refractivity contribution is -0.123. The molecule has 5 nitrogen and oxygen atoms in total. The van der Waals surface area contributed by atoms with E-state index < -0.39 is 0 Å². The number of benzene rings is 1. The second kappa shape index (κ2) is 9.26. The van der Waals surface area contributed by atoms with Gasteiger partial charge < -0.3 is 15.0 Å². The van der Waals surface area contributed by atoms with Gasteiger partial charge in [-0.05, 0) is 49.4 Å². The van der Waals surface area contributed by atoms with Gasteiger partial charge in [0, 0.05) is 37.9 Å². The minimum Gasteiger partial charge on any atom is -0.497 e. The van der Waals surface area contributed by atoms with Crippen molar-refractivity contribution in [3.63, 3.8) is 0 Å². The van der Waals surface area contributed by atoms with Crippen LogP contribution in [0.25, 0.3) is 0 Å². The molecule has 3 rings (SSSR count). The topological polar surface area (TPSA) is 44.8 Å². The number of carbonyl (C=O) groups excluding carboxylic acids is 1. The first-order valence-electron chi connectivity index (χ1n) is 10.1. The highest BCUT2D eigenvalue weighted by Crippen LogP contribution is 2.24. The summed E-state index contributed by atoms with van der Waals surface area (Å²) in [6.45, 7) is 6.70. The second-order valence-electron chi connectivity index (χ2n) is 7.75. The van der Waals surface area contributed by atoms with Crippen molar-refractivity contribution < 1.29 is 9.53 Å². The fourth-order valence-corrected chi connectivity index (χ4v) is 4.17. The molecule has 0 bridgehead atoms. The van der Waals surface area contributed by atoms with Gasteiger partial charge in [0.25, 0.3) is 0 Å². The maximum absolute atomic E-state index is 12.5. The number of nitrogens with zero attached hydrogens (tertiary/aromatic N) is 2. The van der Waals surface area contributed by atoms with E-state index in [4.69, 9.17) is 4.74 Å². The normalized spacial score (nSPS) is 24.8. The van der Waals surface area contributed by atoms with Crippen LogP contribution in [0, 0.1) is 5.92 Å². The monoisotopic (exact) mass is 359 g/mol. The minimum atomic E-state index is 0.196. The first kappa shape index (κ1) is 19.0. The van der Waals surface area contributed by atoms with Crippen LogP contribution in [-0.4, -0.2) is 56.7 Å². The standard InChI is InChI=1S/C21H33N3O2/c1-17-6-3-4-7-20(17)22-21(25)16-23-12-5-13-24(15-14-23)18-8-10-19(26-2)11-9-18/h8-11,17,20H,3-7,12-16H2,1-2H3,(H,22,25). The number of anilines is 1. The second-order valence-corrected chi connectivity index (χ2v) is 7.75. The Balaban J connectivity index is 1.47. The Kier molecular flexibility index (Phi) is 6.78. The van der Waals surface area contributed by atoms with Crippen molar-refractivity contribution in [1.29, 1.82) is 0 Å². The summed E-state index contributed by atoms with van der Waals surface area (Å²) >= 11 is 0. The summed E-state index contributed by atoms with van der Waals surface area (Å²) in [5, 5.41) is 3.28. The summed E-state index contributed by atoms with van der Waals surface area (Å²) in [5.74, 6) is 1.70. The van der Waals surface area contributed by atoms with E-state index in [1.54, 1.807) is 7.11 Å². The van der Waals surface area contributed by atoms with E-state index in [2.05, 4.69) is 34.2 Å². The molecule has 144 valence electrons. The molecule has 1 saturated carbocycles. The summed E-state index contributed by atoms with van der Waals surface area (Å²) in [6, 6.07) is 8.63. The quantitative estimate of drug-likeness (QED) is 0.878. The predicted octanol–water partition coefficient (Wildman–Crippen LogP) is 2.90. The van der Waals surface area contributed by atoms with Crippen LogP contribution >= 0.6 is 0 Å². The van der Waals surface area contributed by atoms with Gasteiger partial charge in [-0.2, -0.15) is 0 Å². The van der Waals surface area contributed by atoms with Crippen LogP contribution in [0.4, 0.5) is 5.69 Å². The van der Waals surface area contributed by atoms with Crippen molar-refractivity contribution >= 4 is 11.6 Å². The number of methoxy groups -OCH3 is 1. The van der Waals surface area contributed by atoms with Crippen LogP contribution in [0.3, 0.4) is 0 Å². The van der Waals surface area contributed by atoms with E-state index in [9.17, 15) is 4.79 Å². The molecule has 5 heteroatoms. The molecule has 1 aromatic carbocycles. The SMILES string of the molecule is COc1ccc(N2CCCN(CC(=O)NC3CCCCC3C)CC2)cc1. The molecular formula is C21H33N3O2. The summed E-state index contributed by atoms with van der Waals surface area (Å²) in [7, 11) is 1.69. The van der Waals surface area contributed by atoms with Crippen LogP contribution in [0.15, 0.2) is 24.3 Å². The van der Waals surface area contributed by atoms with Gasteiger partial charge >= 0.3 is 0 Å². The van der Waals surface area contributed by atoms with E-state index in [-0.39, 0.29) is 5.91 Å². The molecule has 2 unspecified atom stereocenters. The maximum Gasteiger partial charge on any atom is 0.234 e. The van der Waals surface area contributed by atoms with E-state index in [0.29, 0.717) is 18.5 Å². The van der Waals surface area contributed by atoms with Crippen LogP contribution in [0.5, 0.6) is 5.75 Å². The Morgan fingerprint density at radius 3 is 2.58 bits per heavy atom. The molecule has 26 heavy (non-hydrogen) atoms. The smallest absolute Gasteiger partial charge is 0.234 e. The number of hydrogen-bond acceptors (Lipinski definition) is 4. The van der Waals surface area contributed by atoms with Crippen molar-refractivity contribution in [2.75, 3.05) is 44.7 Å². The molecule has 1 aliphatic carbocycles. The Bertz CT molecular complexity index is 575.